The number of rotatable bonds is 1. The van der Waals surface area contributed by atoms with Crippen LogP contribution in [0.5, 0.6) is 0 Å². The largest absolute Gasteiger partial charge is 0.426 e. The average molecular weight is 522 g/mol. The lowest BCUT2D eigenvalue weighted by Crippen LogP contribution is -2.47. The van der Waals surface area contributed by atoms with Crippen molar-refractivity contribution in [1.29, 1.82) is 0 Å². The molecule has 2 aromatic rings. The second-order valence-corrected chi connectivity index (χ2v) is 8.88. The number of piperidine rings is 1. The van der Waals surface area contributed by atoms with E-state index in [1.165, 1.54) is 4.90 Å². The predicted octanol–water partition coefficient (Wildman–Crippen LogP) is 3.25. The molecular formula is C21H24F6N6O3. The van der Waals surface area contributed by atoms with Crippen LogP contribution in [0.3, 0.4) is 0 Å². The summed E-state index contributed by atoms with van der Waals surface area (Å²) < 4.78 is 88.1. The van der Waals surface area contributed by atoms with E-state index >= 15 is 0 Å². The van der Waals surface area contributed by atoms with Gasteiger partial charge in [-0.2, -0.15) is 26.3 Å². The van der Waals surface area contributed by atoms with Gasteiger partial charge in [0.1, 0.15) is 5.69 Å². The number of hydrogen-bond donors (Lipinski definition) is 3. The van der Waals surface area contributed by atoms with E-state index in [0.29, 0.717) is 32.0 Å². The number of nitrogens with zero attached hydrogens (tertiary/aromatic N) is 4. The van der Waals surface area contributed by atoms with E-state index in [2.05, 4.69) is 20.5 Å². The van der Waals surface area contributed by atoms with Crippen molar-refractivity contribution in [2.75, 3.05) is 25.4 Å². The Morgan fingerprint density at radius 1 is 1.08 bits per heavy atom. The van der Waals surface area contributed by atoms with Gasteiger partial charge < -0.3 is 25.5 Å². The summed E-state index contributed by atoms with van der Waals surface area (Å²) in [6.07, 6.45) is -9.77. The molecule has 4 bridgehead atoms. The minimum Gasteiger partial charge on any atom is -0.416 e. The van der Waals surface area contributed by atoms with Gasteiger partial charge in [-0.05, 0) is 51.3 Å². The monoisotopic (exact) mass is 522 g/mol. The van der Waals surface area contributed by atoms with E-state index in [-0.39, 0.29) is 25.8 Å². The second-order valence-electron chi connectivity index (χ2n) is 8.88. The van der Waals surface area contributed by atoms with Crippen LogP contribution in [0.25, 0.3) is 11.6 Å². The van der Waals surface area contributed by atoms with Gasteiger partial charge in [-0.3, -0.25) is 4.79 Å². The number of halogens is 6. The average Bonchev–Trinajstić information content (AvgIpc) is 3.30. The molecule has 2 aliphatic rings. The fourth-order valence-electron chi connectivity index (χ4n) is 4.48. The number of nitrogen functional groups attached to an aromatic ring is 1. The summed E-state index contributed by atoms with van der Waals surface area (Å²) in [6, 6.07) is 0.0830. The Bertz CT molecular complexity index is 1110. The SMILES string of the molecule is Nc1cc(C(F)(F)F)c2nc1-c1nnc(o1)[C@@](O)(C(F)(F)F)CCCCCN(C1CCNCC1)C2=O. The summed E-state index contributed by atoms with van der Waals surface area (Å²) in [4.78, 5) is 18.6. The fourth-order valence-corrected chi connectivity index (χ4v) is 4.48. The van der Waals surface area contributed by atoms with Gasteiger partial charge in [0.2, 0.25) is 5.60 Å². The van der Waals surface area contributed by atoms with Crippen LogP contribution in [0.15, 0.2) is 10.5 Å². The van der Waals surface area contributed by atoms with Crippen molar-refractivity contribution in [2.45, 2.75) is 62.5 Å². The Kier molecular flexibility index (Phi) is 6.90. The molecule has 9 nitrogen and oxygen atoms in total. The first-order chi connectivity index (χ1) is 16.8. The number of carbonyl (C=O) groups excluding carboxylic acids is 1. The number of amides is 1. The highest BCUT2D eigenvalue weighted by atomic mass is 19.4. The number of aromatic nitrogens is 3. The molecule has 4 heterocycles. The third-order valence-corrected chi connectivity index (χ3v) is 6.46. The van der Waals surface area contributed by atoms with E-state index < -0.39 is 70.7 Å². The number of carbonyl (C=O) groups is 1. The van der Waals surface area contributed by atoms with Gasteiger partial charge in [0.15, 0.2) is 5.69 Å². The lowest BCUT2D eigenvalue weighted by molar-refractivity contribution is -0.277. The number of hydrogen-bond acceptors (Lipinski definition) is 8. The van der Waals surface area contributed by atoms with E-state index in [1.807, 2.05) is 0 Å². The first-order valence-electron chi connectivity index (χ1n) is 11.4. The molecule has 2 aliphatic heterocycles. The van der Waals surface area contributed by atoms with Gasteiger partial charge in [0.25, 0.3) is 17.7 Å². The number of nitrogens with one attached hydrogen (secondary N) is 1. The van der Waals surface area contributed by atoms with Crippen LogP contribution in [0.4, 0.5) is 32.0 Å². The minimum absolute atomic E-state index is 0.00499. The zero-order chi connectivity index (χ0) is 26.3. The third kappa shape index (κ3) is 4.85. The van der Waals surface area contributed by atoms with Crippen molar-refractivity contribution >= 4 is 11.6 Å². The number of aliphatic hydroxyl groups is 1. The van der Waals surface area contributed by atoms with Crippen LogP contribution in [-0.2, 0) is 11.8 Å². The number of pyridine rings is 1. The van der Waals surface area contributed by atoms with Crippen molar-refractivity contribution in [2.24, 2.45) is 0 Å². The Morgan fingerprint density at radius 2 is 1.78 bits per heavy atom. The molecule has 4 rings (SSSR count). The van der Waals surface area contributed by atoms with Crippen LogP contribution in [0.1, 0.15) is 60.5 Å². The number of fused-ring (bicyclic) bond motifs is 5. The van der Waals surface area contributed by atoms with Crippen LogP contribution < -0.4 is 11.1 Å². The summed E-state index contributed by atoms with van der Waals surface area (Å²) in [5, 5.41) is 20.3. The van der Waals surface area contributed by atoms with Gasteiger partial charge in [-0.25, -0.2) is 4.98 Å². The summed E-state index contributed by atoms with van der Waals surface area (Å²) in [7, 11) is 0. The van der Waals surface area contributed by atoms with Crippen molar-refractivity contribution in [3.8, 4) is 11.6 Å². The molecule has 1 saturated heterocycles. The zero-order valence-corrected chi connectivity index (χ0v) is 18.9. The minimum atomic E-state index is -5.17. The third-order valence-electron chi connectivity index (χ3n) is 6.46. The molecule has 1 fully saturated rings. The fraction of sp³-hybridized carbons (Fsp3) is 0.619. The van der Waals surface area contributed by atoms with Crippen molar-refractivity contribution < 1.29 is 40.7 Å². The number of nitrogens with two attached hydrogens (primary N) is 1. The van der Waals surface area contributed by atoms with E-state index in [9.17, 15) is 36.2 Å². The first-order valence-corrected chi connectivity index (χ1v) is 11.4. The molecule has 15 heteroatoms. The Morgan fingerprint density at radius 3 is 2.42 bits per heavy atom. The summed E-state index contributed by atoms with van der Waals surface area (Å²) >= 11 is 0. The lowest BCUT2D eigenvalue weighted by Gasteiger charge is -2.35. The first kappa shape index (κ1) is 26.1. The maximum absolute atomic E-state index is 13.9. The van der Waals surface area contributed by atoms with Gasteiger partial charge in [-0.15, -0.1) is 10.2 Å². The highest BCUT2D eigenvalue weighted by molar-refractivity contribution is 5.95. The highest BCUT2D eigenvalue weighted by Gasteiger charge is 2.58. The zero-order valence-electron chi connectivity index (χ0n) is 18.9. The van der Waals surface area contributed by atoms with Gasteiger partial charge >= 0.3 is 12.4 Å². The molecule has 36 heavy (non-hydrogen) atoms. The van der Waals surface area contributed by atoms with Crippen LogP contribution in [-0.4, -0.2) is 62.9 Å². The molecular weight excluding hydrogens is 498 g/mol. The van der Waals surface area contributed by atoms with E-state index in [1.54, 1.807) is 0 Å². The molecule has 1 atom stereocenters. The molecule has 0 saturated carbocycles. The van der Waals surface area contributed by atoms with Crippen LogP contribution in [0.2, 0.25) is 0 Å². The molecule has 0 aromatic carbocycles. The summed E-state index contributed by atoms with van der Waals surface area (Å²) in [5.41, 5.74) is -1.31. The maximum atomic E-state index is 13.9. The topological polar surface area (TPSA) is 130 Å². The Balaban J connectivity index is 1.88. The molecule has 2 aromatic heterocycles. The highest BCUT2D eigenvalue weighted by Crippen LogP contribution is 2.43. The standard InChI is InChI=1S/C21H24F6N6O3/c22-20(23,24)12-10-13(28)15-16-31-32-18(36-16)19(35,21(25,26)27)6-2-1-3-9-33(17(34)14(12)30-15)11-4-7-29-8-5-11/h10-11,29,35H,1-9,28H2/t19-/m1/s1. The Labute approximate surface area is 201 Å². The number of alkyl halides is 6. The molecule has 4 N–H and O–H groups in total. The predicted molar refractivity (Wildman–Crippen MR) is 112 cm³/mol. The van der Waals surface area contributed by atoms with Crippen LogP contribution in [0, 0.1) is 0 Å². The van der Waals surface area contributed by atoms with E-state index in [0.717, 1.165) is 0 Å². The lowest BCUT2D eigenvalue weighted by atomic mass is 9.95. The van der Waals surface area contributed by atoms with Gasteiger partial charge in [0, 0.05) is 12.6 Å². The molecule has 0 radical (unpaired) electrons. The molecule has 0 aliphatic carbocycles. The van der Waals surface area contributed by atoms with Crippen molar-refractivity contribution in [1.82, 2.24) is 25.4 Å². The molecule has 0 spiro atoms. The van der Waals surface area contributed by atoms with E-state index in [4.69, 9.17) is 10.2 Å². The second kappa shape index (κ2) is 9.50. The van der Waals surface area contributed by atoms with Crippen LogP contribution >= 0.6 is 0 Å². The van der Waals surface area contributed by atoms with Crippen molar-refractivity contribution in [3.63, 3.8) is 0 Å². The summed E-state index contributed by atoms with van der Waals surface area (Å²) in [6.45, 7) is 1.10. The normalized spacial score (nSPS) is 23.0. The smallest absolute Gasteiger partial charge is 0.416 e. The molecule has 198 valence electrons. The number of anilines is 1. The molecule has 1 amide bonds. The Hall–Kier alpha value is -2.94. The quantitative estimate of drug-likeness (QED) is 0.487. The molecule has 0 unspecified atom stereocenters. The van der Waals surface area contributed by atoms with Gasteiger partial charge in [-0.1, -0.05) is 6.42 Å². The summed E-state index contributed by atoms with van der Waals surface area (Å²) in [5.74, 6) is -2.91. The van der Waals surface area contributed by atoms with Crippen molar-refractivity contribution in [3.05, 3.63) is 23.2 Å². The maximum Gasteiger partial charge on any atom is 0.426 e. The van der Waals surface area contributed by atoms with Gasteiger partial charge in [0.05, 0.1) is 11.3 Å².